The number of carbonyl (C=O) groups is 1. The first-order valence-corrected chi connectivity index (χ1v) is 11.2. The van der Waals surface area contributed by atoms with Crippen molar-refractivity contribution in [3.8, 4) is 0 Å². The van der Waals surface area contributed by atoms with Gasteiger partial charge in [0.05, 0.1) is 9.82 Å². The van der Waals surface area contributed by atoms with E-state index in [1.54, 1.807) is 18.7 Å². The molecule has 1 aliphatic heterocycles. The molecular weight excluding hydrogens is 382 g/mol. The molecule has 0 aromatic heterocycles. The Hall–Kier alpha value is -2.00. The van der Waals surface area contributed by atoms with E-state index in [9.17, 15) is 23.3 Å². The van der Waals surface area contributed by atoms with Crippen molar-refractivity contribution in [3.05, 3.63) is 33.4 Å². The SMILES string of the molecule is Cc1cc([N+](=O)[O-])cc(S(=O)(=O)N2CCN(C(=O)CC3CCCC3)CC2)c1C. The van der Waals surface area contributed by atoms with E-state index in [2.05, 4.69) is 0 Å². The summed E-state index contributed by atoms with van der Waals surface area (Å²) in [7, 11) is -3.85. The number of sulfonamides is 1. The molecular formula is C19H27N3O5S. The normalized spacial score (nSPS) is 19.1. The Morgan fingerprint density at radius 2 is 1.75 bits per heavy atom. The molecule has 0 radical (unpaired) electrons. The minimum Gasteiger partial charge on any atom is -0.340 e. The molecule has 8 nitrogen and oxygen atoms in total. The van der Waals surface area contributed by atoms with Gasteiger partial charge in [-0.15, -0.1) is 0 Å². The summed E-state index contributed by atoms with van der Waals surface area (Å²) < 4.78 is 27.5. The number of non-ortho nitro benzene ring substituents is 1. The van der Waals surface area contributed by atoms with Crippen LogP contribution < -0.4 is 0 Å². The van der Waals surface area contributed by atoms with Crippen LogP contribution in [0, 0.1) is 29.9 Å². The number of nitro benzene ring substituents is 1. The fraction of sp³-hybridized carbons (Fsp3) is 0.632. The topological polar surface area (TPSA) is 101 Å². The molecule has 1 aliphatic carbocycles. The lowest BCUT2D eigenvalue weighted by Crippen LogP contribution is -2.50. The van der Waals surface area contributed by atoms with Gasteiger partial charge in [0.15, 0.2) is 0 Å². The zero-order valence-corrected chi connectivity index (χ0v) is 17.2. The minimum atomic E-state index is -3.85. The largest absolute Gasteiger partial charge is 0.340 e. The molecule has 0 atom stereocenters. The molecule has 1 heterocycles. The van der Waals surface area contributed by atoms with Crippen LogP contribution in [0.5, 0.6) is 0 Å². The first-order valence-electron chi connectivity index (χ1n) is 9.73. The maximum Gasteiger partial charge on any atom is 0.271 e. The van der Waals surface area contributed by atoms with Crippen LogP contribution in [0.15, 0.2) is 17.0 Å². The summed E-state index contributed by atoms with van der Waals surface area (Å²) in [4.78, 5) is 24.8. The van der Waals surface area contributed by atoms with Crippen LogP contribution in [-0.4, -0.2) is 54.6 Å². The third-order valence-electron chi connectivity index (χ3n) is 5.96. The quantitative estimate of drug-likeness (QED) is 0.550. The third-order valence-corrected chi connectivity index (χ3v) is 7.99. The molecule has 1 saturated carbocycles. The van der Waals surface area contributed by atoms with Crippen molar-refractivity contribution >= 4 is 21.6 Å². The first-order chi connectivity index (χ1) is 13.2. The molecule has 9 heteroatoms. The van der Waals surface area contributed by atoms with E-state index in [0.29, 0.717) is 36.6 Å². The number of nitrogens with zero attached hydrogens (tertiary/aromatic N) is 3. The molecule has 2 fully saturated rings. The van der Waals surface area contributed by atoms with Crippen molar-refractivity contribution in [2.45, 2.75) is 50.8 Å². The number of aryl methyl sites for hydroxylation is 1. The highest BCUT2D eigenvalue weighted by Crippen LogP contribution is 2.30. The lowest BCUT2D eigenvalue weighted by Gasteiger charge is -2.34. The average Bonchev–Trinajstić information content (AvgIpc) is 3.16. The summed E-state index contributed by atoms with van der Waals surface area (Å²) in [6.07, 6.45) is 5.13. The Balaban J connectivity index is 1.71. The zero-order valence-electron chi connectivity index (χ0n) is 16.4. The number of hydrogen-bond donors (Lipinski definition) is 0. The zero-order chi connectivity index (χ0) is 20.5. The predicted molar refractivity (Wildman–Crippen MR) is 104 cm³/mol. The van der Waals surface area contributed by atoms with Crippen LogP contribution >= 0.6 is 0 Å². The first kappa shape index (κ1) is 20.7. The Labute approximate surface area is 165 Å². The number of carbonyl (C=O) groups excluding carboxylic acids is 1. The Kier molecular flexibility index (Phi) is 6.04. The highest BCUT2D eigenvalue weighted by molar-refractivity contribution is 7.89. The van der Waals surface area contributed by atoms with Gasteiger partial charge in [0, 0.05) is 44.7 Å². The monoisotopic (exact) mass is 409 g/mol. The Bertz CT molecular complexity index is 870. The molecule has 28 heavy (non-hydrogen) atoms. The maximum absolute atomic E-state index is 13.1. The van der Waals surface area contributed by atoms with Crippen molar-refractivity contribution < 1.29 is 18.1 Å². The lowest BCUT2D eigenvalue weighted by molar-refractivity contribution is -0.385. The van der Waals surface area contributed by atoms with Crippen LogP contribution in [0.3, 0.4) is 0 Å². The van der Waals surface area contributed by atoms with Gasteiger partial charge in [-0.25, -0.2) is 8.42 Å². The van der Waals surface area contributed by atoms with E-state index in [-0.39, 0.29) is 29.6 Å². The number of hydrogen-bond acceptors (Lipinski definition) is 5. The fourth-order valence-corrected chi connectivity index (χ4v) is 5.83. The molecule has 1 aromatic rings. The van der Waals surface area contributed by atoms with Gasteiger partial charge in [-0.1, -0.05) is 12.8 Å². The Morgan fingerprint density at radius 3 is 2.32 bits per heavy atom. The number of amides is 1. The summed E-state index contributed by atoms with van der Waals surface area (Å²) in [5.41, 5.74) is 0.857. The highest BCUT2D eigenvalue weighted by atomic mass is 32.2. The standard InChI is InChI=1S/C19H27N3O5S/c1-14-11-17(22(24)25)13-18(15(14)2)28(26,27)21-9-7-20(8-10-21)19(23)12-16-5-3-4-6-16/h11,13,16H,3-10,12H2,1-2H3. The molecule has 0 unspecified atom stereocenters. The molecule has 2 aliphatic rings. The van der Waals surface area contributed by atoms with E-state index in [4.69, 9.17) is 0 Å². The molecule has 0 bridgehead atoms. The Morgan fingerprint density at radius 1 is 1.14 bits per heavy atom. The summed E-state index contributed by atoms with van der Waals surface area (Å²) in [5, 5.41) is 11.1. The maximum atomic E-state index is 13.1. The summed E-state index contributed by atoms with van der Waals surface area (Å²) >= 11 is 0. The second kappa shape index (κ2) is 8.16. The average molecular weight is 410 g/mol. The van der Waals surface area contributed by atoms with Gasteiger partial charge in [-0.05, 0) is 43.7 Å². The number of rotatable bonds is 5. The molecule has 1 saturated heterocycles. The summed E-state index contributed by atoms with van der Waals surface area (Å²) in [5.74, 6) is 0.566. The highest BCUT2D eigenvalue weighted by Gasteiger charge is 2.33. The lowest BCUT2D eigenvalue weighted by atomic mass is 10.0. The number of nitro groups is 1. The number of benzene rings is 1. The van der Waals surface area contributed by atoms with E-state index < -0.39 is 14.9 Å². The smallest absolute Gasteiger partial charge is 0.271 e. The van der Waals surface area contributed by atoms with Crippen LogP contribution in [0.25, 0.3) is 0 Å². The van der Waals surface area contributed by atoms with Crippen LogP contribution in [0.2, 0.25) is 0 Å². The van der Waals surface area contributed by atoms with Gasteiger partial charge in [0.1, 0.15) is 0 Å². The van der Waals surface area contributed by atoms with Gasteiger partial charge in [-0.3, -0.25) is 14.9 Å². The minimum absolute atomic E-state index is 0.0232. The van der Waals surface area contributed by atoms with Crippen molar-refractivity contribution in [2.75, 3.05) is 26.2 Å². The predicted octanol–water partition coefficient (Wildman–Crippen LogP) is 2.62. The van der Waals surface area contributed by atoms with E-state index >= 15 is 0 Å². The second-order valence-electron chi connectivity index (χ2n) is 7.78. The molecule has 1 amide bonds. The summed E-state index contributed by atoms with van der Waals surface area (Å²) in [6.45, 7) is 4.46. The second-order valence-corrected chi connectivity index (χ2v) is 9.69. The fourth-order valence-electron chi connectivity index (χ4n) is 4.09. The summed E-state index contributed by atoms with van der Waals surface area (Å²) in [6, 6.07) is 2.52. The third kappa shape index (κ3) is 4.20. The van der Waals surface area contributed by atoms with Gasteiger partial charge < -0.3 is 4.90 Å². The van der Waals surface area contributed by atoms with E-state index in [0.717, 1.165) is 18.9 Å². The van der Waals surface area contributed by atoms with Crippen LogP contribution in [-0.2, 0) is 14.8 Å². The van der Waals surface area contributed by atoms with Crippen molar-refractivity contribution in [3.63, 3.8) is 0 Å². The van der Waals surface area contributed by atoms with E-state index in [1.165, 1.54) is 23.2 Å². The number of piperazine rings is 1. The molecule has 3 rings (SSSR count). The molecule has 0 N–H and O–H groups in total. The molecule has 0 spiro atoms. The van der Waals surface area contributed by atoms with Crippen LogP contribution in [0.4, 0.5) is 5.69 Å². The van der Waals surface area contributed by atoms with Crippen LogP contribution in [0.1, 0.15) is 43.2 Å². The molecule has 1 aromatic carbocycles. The van der Waals surface area contributed by atoms with Crippen molar-refractivity contribution in [2.24, 2.45) is 5.92 Å². The van der Waals surface area contributed by atoms with Crippen molar-refractivity contribution in [1.29, 1.82) is 0 Å². The van der Waals surface area contributed by atoms with Gasteiger partial charge in [-0.2, -0.15) is 4.31 Å². The van der Waals surface area contributed by atoms with Gasteiger partial charge in [0.2, 0.25) is 15.9 Å². The van der Waals surface area contributed by atoms with Gasteiger partial charge >= 0.3 is 0 Å². The van der Waals surface area contributed by atoms with E-state index in [1.807, 2.05) is 0 Å². The van der Waals surface area contributed by atoms with Gasteiger partial charge in [0.25, 0.3) is 5.69 Å². The van der Waals surface area contributed by atoms with Crippen molar-refractivity contribution in [1.82, 2.24) is 9.21 Å². The molecule has 154 valence electrons.